The van der Waals surface area contributed by atoms with Gasteiger partial charge in [0.15, 0.2) is 0 Å². The molecule has 1 fully saturated rings. The van der Waals surface area contributed by atoms with Crippen LogP contribution in [-0.2, 0) is 11.2 Å². The molecule has 21 heavy (non-hydrogen) atoms. The summed E-state index contributed by atoms with van der Waals surface area (Å²) in [5, 5.41) is 3.50. The molecule has 1 saturated heterocycles. The van der Waals surface area contributed by atoms with E-state index >= 15 is 0 Å². The van der Waals surface area contributed by atoms with Crippen molar-refractivity contribution in [3.63, 3.8) is 0 Å². The van der Waals surface area contributed by atoms with Crippen molar-refractivity contribution in [2.75, 3.05) is 19.8 Å². The van der Waals surface area contributed by atoms with Gasteiger partial charge >= 0.3 is 0 Å². The van der Waals surface area contributed by atoms with Gasteiger partial charge in [0, 0.05) is 43.6 Å². The predicted octanol–water partition coefficient (Wildman–Crippen LogP) is 2.77. The molecule has 1 aromatic rings. The second-order valence-corrected chi connectivity index (χ2v) is 6.62. The Hall–Kier alpha value is -1.00. The number of rotatable bonds is 6. The molecule has 0 spiro atoms. The lowest BCUT2D eigenvalue weighted by molar-refractivity contribution is 0.185. The van der Waals surface area contributed by atoms with Crippen molar-refractivity contribution >= 4 is 0 Å². The Morgan fingerprint density at radius 2 is 1.86 bits per heavy atom. The van der Waals surface area contributed by atoms with Gasteiger partial charge < -0.3 is 10.1 Å². The number of ether oxygens (including phenoxy) is 1. The van der Waals surface area contributed by atoms with Crippen LogP contribution in [0.5, 0.6) is 0 Å². The fourth-order valence-electron chi connectivity index (χ4n) is 3.12. The smallest absolute Gasteiger partial charge is 0.129 e. The first-order valence-corrected chi connectivity index (χ1v) is 8.12. The molecule has 0 aromatic carbocycles. The van der Waals surface area contributed by atoms with E-state index in [4.69, 9.17) is 14.7 Å². The maximum atomic E-state index is 5.44. The van der Waals surface area contributed by atoms with Crippen molar-refractivity contribution in [1.82, 2.24) is 15.3 Å². The van der Waals surface area contributed by atoms with Gasteiger partial charge in [0.05, 0.1) is 0 Å². The lowest BCUT2D eigenvalue weighted by atomic mass is 9.97. The summed E-state index contributed by atoms with van der Waals surface area (Å²) in [6.45, 7) is 13.5. The Bertz CT molecular complexity index is 444. The summed E-state index contributed by atoms with van der Waals surface area (Å²) in [5.74, 6) is 2.01. The van der Waals surface area contributed by atoms with E-state index < -0.39 is 0 Å². The summed E-state index contributed by atoms with van der Waals surface area (Å²) in [5.41, 5.74) is 3.57. The van der Waals surface area contributed by atoms with Crippen LogP contribution < -0.4 is 5.32 Å². The van der Waals surface area contributed by atoms with Crippen LogP contribution in [0.1, 0.15) is 55.9 Å². The Labute approximate surface area is 128 Å². The monoisotopic (exact) mass is 291 g/mol. The highest BCUT2D eigenvalue weighted by molar-refractivity contribution is 5.28. The van der Waals surface area contributed by atoms with Crippen molar-refractivity contribution in [2.45, 2.75) is 59.4 Å². The summed E-state index contributed by atoms with van der Waals surface area (Å²) < 4.78 is 5.44. The summed E-state index contributed by atoms with van der Waals surface area (Å²) in [4.78, 5) is 9.50. The second-order valence-electron chi connectivity index (χ2n) is 6.62. The third-order valence-corrected chi connectivity index (χ3v) is 4.19. The van der Waals surface area contributed by atoms with Crippen LogP contribution in [0.3, 0.4) is 0 Å². The van der Waals surface area contributed by atoms with Crippen LogP contribution in [-0.4, -0.2) is 35.8 Å². The number of nitrogens with one attached hydrogen (secondary N) is 1. The van der Waals surface area contributed by atoms with E-state index in [-0.39, 0.29) is 0 Å². The number of hydrogen-bond donors (Lipinski definition) is 1. The molecule has 118 valence electrons. The first-order valence-electron chi connectivity index (χ1n) is 8.12. The number of aromatic nitrogens is 2. The summed E-state index contributed by atoms with van der Waals surface area (Å²) in [6, 6.07) is 0.510. The molecule has 0 saturated carbocycles. The molecule has 1 N–H and O–H groups in total. The molecule has 0 aliphatic carbocycles. The van der Waals surface area contributed by atoms with E-state index in [1.165, 1.54) is 5.56 Å². The third kappa shape index (κ3) is 4.48. The van der Waals surface area contributed by atoms with Gasteiger partial charge in [0.2, 0.25) is 0 Å². The average molecular weight is 291 g/mol. The first-order chi connectivity index (χ1) is 9.97. The summed E-state index contributed by atoms with van der Waals surface area (Å²) in [7, 11) is 0. The Morgan fingerprint density at radius 3 is 2.38 bits per heavy atom. The van der Waals surface area contributed by atoms with Crippen molar-refractivity contribution in [3.8, 4) is 0 Å². The van der Waals surface area contributed by atoms with E-state index in [0.717, 1.165) is 49.8 Å². The van der Waals surface area contributed by atoms with Crippen molar-refractivity contribution < 1.29 is 4.74 Å². The topological polar surface area (TPSA) is 47.0 Å². The van der Waals surface area contributed by atoms with Crippen LogP contribution in [0.4, 0.5) is 0 Å². The standard InChI is InChI=1S/C17H29N3O/c1-11(2)18-9-12(3)17-13(4)19-16(20-14(17)5)8-15-6-7-21-10-15/h11-12,15,18H,6-10H2,1-5H3. The highest BCUT2D eigenvalue weighted by Gasteiger charge is 2.20. The van der Waals surface area contributed by atoms with Gasteiger partial charge in [-0.15, -0.1) is 0 Å². The van der Waals surface area contributed by atoms with E-state index in [1.807, 2.05) is 0 Å². The molecule has 2 heterocycles. The highest BCUT2D eigenvalue weighted by Crippen LogP contribution is 2.23. The van der Waals surface area contributed by atoms with Crippen LogP contribution in [0.15, 0.2) is 0 Å². The van der Waals surface area contributed by atoms with Gasteiger partial charge in [0.1, 0.15) is 5.82 Å². The van der Waals surface area contributed by atoms with Crippen molar-refractivity contribution in [1.29, 1.82) is 0 Å². The number of aryl methyl sites for hydroxylation is 2. The summed E-state index contributed by atoms with van der Waals surface area (Å²) in [6.07, 6.45) is 2.08. The molecule has 1 aromatic heterocycles. The maximum Gasteiger partial charge on any atom is 0.129 e. The minimum Gasteiger partial charge on any atom is -0.381 e. The zero-order chi connectivity index (χ0) is 15.4. The molecular weight excluding hydrogens is 262 g/mol. The molecule has 1 aliphatic rings. The highest BCUT2D eigenvalue weighted by atomic mass is 16.5. The van der Waals surface area contributed by atoms with Gasteiger partial charge in [-0.25, -0.2) is 9.97 Å². The fourth-order valence-corrected chi connectivity index (χ4v) is 3.12. The lowest BCUT2D eigenvalue weighted by Crippen LogP contribution is -2.28. The SMILES string of the molecule is Cc1nc(CC2CCOC2)nc(C)c1C(C)CNC(C)C. The third-order valence-electron chi connectivity index (χ3n) is 4.19. The molecule has 4 heteroatoms. The van der Waals surface area contributed by atoms with Gasteiger partial charge in [-0.3, -0.25) is 0 Å². The summed E-state index contributed by atoms with van der Waals surface area (Å²) >= 11 is 0. The molecule has 0 radical (unpaired) electrons. The van der Waals surface area contributed by atoms with Crippen LogP contribution in [0.2, 0.25) is 0 Å². The molecule has 2 unspecified atom stereocenters. The minimum atomic E-state index is 0.441. The zero-order valence-electron chi connectivity index (χ0n) is 14.1. The molecule has 0 bridgehead atoms. The Balaban J connectivity index is 2.08. The Morgan fingerprint density at radius 1 is 1.19 bits per heavy atom. The molecule has 2 atom stereocenters. The molecule has 2 rings (SSSR count). The van der Waals surface area contributed by atoms with Crippen molar-refractivity contribution in [3.05, 3.63) is 22.8 Å². The second kappa shape index (κ2) is 7.32. The van der Waals surface area contributed by atoms with Gasteiger partial charge in [0.25, 0.3) is 0 Å². The first kappa shape index (κ1) is 16.4. The van der Waals surface area contributed by atoms with E-state index in [0.29, 0.717) is 17.9 Å². The molecule has 0 amide bonds. The van der Waals surface area contributed by atoms with Crippen LogP contribution in [0, 0.1) is 19.8 Å². The lowest BCUT2D eigenvalue weighted by Gasteiger charge is -2.19. The van der Waals surface area contributed by atoms with Crippen LogP contribution >= 0.6 is 0 Å². The van der Waals surface area contributed by atoms with Crippen LogP contribution in [0.25, 0.3) is 0 Å². The minimum absolute atomic E-state index is 0.441. The zero-order valence-corrected chi connectivity index (χ0v) is 14.1. The average Bonchev–Trinajstić information content (AvgIpc) is 2.88. The van der Waals surface area contributed by atoms with E-state index in [2.05, 4.69) is 39.9 Å². The number of hydrogen-bond acceptors (Lipinski definition) is 4. The Kier molecular flexibility index (Phi) is 5.71. The van der Waals surface area contributed by atoms with E-state index in [9.17, 15) is 0 Å². The largest absolute Gasteiger partial charge is 0.381 e. The molecule has 4 nitrogen and oxygen atoms in total. The number of nitrogens with zero attached hydrogens (tertiary/aromatic N) is 2. The van der Waals surface area contributed by atoms with E-state index in [1.54, 1.807) is 0 Å². The predicted molar refractivity (Wildman–Crippen MR) is 85.7 cm³/mol. The fraction of sp³-hybridized carbons (Fsp3) is 0.765. The quantitative estimate of drug-likeness (QED) is 0.875. The molecule has 1 aliphatic heterocycles. The van der Waals surface area contributed by atoms with Gasteiger partial charge in [-0.1, -0.05) is 20.8 Å². The van der Waals surface area contributed by atoms with Gasteiger partial charge in [-0.05, 0) is 37.7 Å². The normalized spacial score (nSPS) is 20.2. The van der Waals surface area contributed by atoms with Gasteiger partial charge in [-0.2, -0.15) is 0 Å². The molecular formula is C17H29N3O. The maximum absolute atomic E-state index is 5.44. The van der Waals surface area contributed by atoms with Crippen molar-refractivity contribution in [2.24, 2.45) is 5.92 Å².